The molecule has 0 unspecified atom stereocenters. The van der Waals surface area contributed by atoms with Crippen molar-refractivity contribution in [2.45, 2.75) is 38.5 Å². The van der Waals surface area contributed by atoms with Crippen molar-refractivity contribution in [1.29, 1.82) is 0 Å². The number of rotatable bonds is 11. The van der Waals surface area contributed by atoms with E-state index in [9.17, 15) is 18.0 Å². The summed E-state index contributed by atoms with van der Waals surface area (Å²) in [6.07, 6.45) is 2.46. The highest BCUT2D eigenvalue weighted by atomic mass is 19.4. The van der Waals surface area contributed by atoms with Crippen LogP contribution in [0.4, 0.5) is 36.3 Å². The van der Waals surface area contributed by atoms with Crippen LogP contribution in [0.2, 0.25) is 0 Å². The minimum Gasteiger partial charge on any atom is -0.497 e. The van der Waals surface area contributed by atoms with Crippen molar-refractivity contribution in [2.75, 3.05) is 55.8 Å². The van der Waals surface area contributed by atoms with Gasteiger partial charge in [-0.1, -0.05) is 13.0 Å². The van der Waals surface area contributed by atoms with Crippen LogP contribution in [0.5, 0.6) is 5.75 Å². The zero-order valence-electron chi connectivity index (χ0n) is 25.6. The second kappa shape index (κ2) is 13.3. The highest BCUT2D eigenvalue weighted by molar-refractivity contribution is 6.05. The minimum absolute atomic E-state index is 0.0455. The molecule has 2 aromatic carbocycles. The van der Waals surface area contributed by atoms with E-state index < -0.39 is 17.6 Å². The van der Waals surface area contributed by atoms with Crippen LogP contribution < -0.4 is 20.7 Å². The first-order valence-electron chi connectivity index (χ1n) is 15.2. The molecule has 46 heavy (non-hydrogen) atoms. The number of aromatic nitrogens is 4. The van der Waals surface area contributed by atoms with Crippen molar-refractivity contribution in [3.8, 4) is 11.6 Å². The molecule has 0 atom stereocenters. The molecule has 1 aliphatic heterocycles. The molecule has 2 aliphatic rings. The van der Waals surface area contributed by atoms with E-state index in [1.165, 1.54) is 31.6 Å². The topological polar surface area (TPSA) is 112 Å². The fourth-order valence-corrected chi connectivity index (χ4v) is 5.39. The van der Waals surface area contributed by atoms with E-state index in [-0.39, 0.29) is 23.4 Å². The van der Waals surface area contributed by atoms with Gasteiger partial charge in [0.05, 0.1) is 12.7 Å². The summed E-state index contributed by atoms with van der Waals surface area (Å²) in [5, 5.41) is 9.17. The van der Waals surface area contributed by atoms with Crippen LogP contribution in [-0.2, 0) is 12.7 Å². The van der Waals surface area contributed by atoms with E-state index in [4.69, 9.17) is 4.74 Å². The molecule has 1 amide bonds. The van der Waals surface area contributed by atoms with Gasteiger partial charge in [-0.25, -0.2) is 15.0 Å². The van der Waals surface area contributed by atoms with Gasteiger partial charge in [0.1, 0.15) is 23.7 Å². The maximum Gasteiger partial charge on any atom is 0.416 e. The molecule has 0 bridgehead atoms. The average Bonchev–Trinajstić information content (AvgIpc) is 3.75. The van der Waals surface area contributed by atoms with Gasteiger partial charge in [0, 0.05) is 80.2 Å². The summed E-state index contributed by atoms with van der Waals surface area (Å²) < 4.78 is 49.6. The standard InChI is InChI=1S/C32H36F3N9O2/c1-3-42-10-12-43(13-11-42)19-21-4-5-24(17-27(21)32(33,34)35)40-30(45)22-14-25(16-26(15-22)46-2)41-31-36-8-9-44(31)29-18-28(37-20-38-29)39-23-6-7-23/h4-5,8-9,14-18,20,23H,3,6-7,10-13,19H2,1-2H3,(H,36,41)(H,40,45)(H,37,38,39). The molecule has 242 valence electrons. The third-order valence-corrected chi connectivity index (χ3v) is 8.11. The number of carbonyl (C=O) groups excluding carboxylic acids is 1. The number of likely N-dealkylation sites (N-methyl/N-ethyl adjacent to an activating group) is 1. The van der Waals surface area contributed by atoms with E-state index in [0.717, 1.165) is 38.5 Å². The molecule has 0 spiro atoms. The Hall–Kier alpha value is -4.69. The number of ether oxygens (including phenoxy) is 1. The maximum absolute atomic E-state index is 14.1. The van der Waals surface area contributed by atoms with Crippen LogP contribution in [0, 0.1) is 0 Å². The molecule has 1 aliphatic carbocycles. The summed E-state index contributed by atoms with van der Waals surface area (Å²) in [5.41, 5.74) is 0.131. The summed E-state index contributed by atoms with van der Waals surface area (Å²) in [6.45, 7) is 6.24. The molecule has 0 radical (unpaired) electrons. The van der Waals surface area contributed by atoms with Gasteiger partial charge in [0.2, 0.25) is 5.95 Å². The number of carbonyl (C=O) groups is 1. The van der Waals surface area contributed by atoms with Gasteiger partial charge in [-0.3, -0.25) is 14.3 Å². The number of amides is 1. The Morgan fingerprint density at radius 2 is 1.76 bits per heavy atom. The first-order chi connectivity index (χ1) is 22.2. The number of anilines is 4. The van der Waals surface area contributed by atoms with Crippen LogP contribution in [0.1, 0.15) is 41.3 Å². The Morgan fingerprint density at radius 1 is 0.978 bits per heavy atom. The maximum atomic E-state index is 14.1. The molecular weight excluding hydrogens is 599 g/mol. The lowest BCUT2D eigenvalue weighted by molar-refractivity contribution is -0.138. The predicted octanol–water partition coefficient (Wildman–Crippen LogP) is 5.40. The lowest BCUT2D eigenvalue weighted by Gasteiger charge is -2.34. The van der Waals surface area contributed by atoms with Gasteiger partial charge in [-0.05, 0) is 49.2 Å². The number of piperazine rings is 1. The number of benzene rings is 2. The van der Waals surface area contributed by atoms with E-state index in [0.29, 0.717) is 48.2 Å². The molecule has 4 aromatic rings. The van der Waals surface area contributed by atoms with Gasteiger partial charge in [0.25, 0.3) is 5.91 Å². The monoisotopic (exact) mass is 635 g/mol. The zero-order chi connectivity index (χ0) is 32.3. The predicted molar refractivity (Wildman–Crippen MR) is 169 cm³/mol. The highest BCUT2D eigenvalue weighted by Gasteiger charge is 2.34. The SMILES string of the molecule is CCN1CCN(Cc2ccc(NC(=O)c3cc(Nc4nccn4-c4cc(NC5CC5)ncn4)cc(OC)c3)cc2C(F)(F)F)CC1. The fraction of sp³-hybridized carbons (Fsp3) is 0.375. The van der Waals surface area contributed by atoms with Gasteiger partial charge >= 0.3 is 6.18 Å². The second-order valence-electron chi connectivity index (χ2n) is 11.4. The fourth-order valence-electron chi connectivity index (χ4n) is 5.39. The van der Waals surface area contributed by atoms with Crippen molar-refractivity contribution in [1.82, 2.24) is 29.3 Å². The third kappa shape index (κ3) is 7.57. The van der Waals surface area contributed by atoms with Crippen molar-refractivity contribution in [3.05, 3.63) is 77.9 Å². The Balaban J connectivity index is 1.19. The molecule has 3 heterocycles. The molecule has 11 nitrogen and oxygen atoms in total. The van der Waals surface area contributed by atoms with Crippen molar-refractivity contribution in [3.63, 3.8) is 0 Å². The summed E-state index contributed by atoms with van der Waals surface area (Å²) in [6, 6.07) is 11.0. The Kier molecular flexibility index (Phi) is 9.08. The third-order valence-electron chi connectivity index (χ3n) is 8.11. The number of hydrogen-bond donors (Lipinski definition) is 3. The lowest BCUT2D eigenvalue weighted by Crippen LogP contribution is -2.45. The smallest absolute Gasteiger partial charge is 0.416 e. The van der Waals surface area contributed by atoms with Crippen LogP contribution >= 0.6 is 0 Å². The van der Waals surface area contributed by atoms with Gasteiger partial charge in [0.15, 0.2) is 0 Å². The molecule has 14 heteroatoms. The van der Waals surface area contributed by atoms with Gasteiger partial charge < -0.3 is 25.6 Å². The molecule has 2 aromatic heterocycles. The van der Waals surface area contributed by atoms with Crippen molar-refractivity contribution in [2.24, 2.45) is 0 Å². The number of methoxy groups -OCH3 is 1. The van der Waals surface area contributed by atoms with E-state index in [2.05, 4.69) is 42.7 Å². The summed E-state index contributed by atoms with van der Waals surface area (Å²) in [7, 11) is 1.47. The largest absolute Gasteiger partial charge is 0.497 e. The number of imidazole rings is 1. The summed E-state index contributed by atoms with van der Waals surface area (Å²) >= 11 is 0. The summed E-state index contributed by atoms with van der Waals surface area (Å²) in [4.78, 5) is 30.7. The number of nitrogens with one attached hydrogen (secondary N) is 3. The van der Waals surface area contributed by atoms with Crippen LogP contribution in [0.3, 0.4) is 0 Å². The quantitative estimate of drug-likeness (QED) is 0.200. The normalized spacial score (nSPS) is 15.8. The Bertz CT molecular complexity index is 1680. The summed E-state index contributed by atoms with van der Waals surface area (Å²) in [5.74, 6) is 1.52. The number of hydrogen-bond acceptors (Lipinski definition) is 9. The first kappa shape index (κ1) is 31.3. The van der Waals surface area contributed by atoms with Crippen LogP contribution in [0.15, 0.2) is 61.2 Å². The lowest BCUT2D eigenvalue weighted by atomic mass is 10.0. The molecule has 1 saturated carbocycles. The van der Waals surface area contributed by atoms with Gasteiger partial charge in [-0.15, -0.1) is 0 Å². The highest BCUT2D eigenvalue weighted by Crippen LogP contribution is 2.35. The Labute approximate surface area is 264 Å². The number of nitrogens with zero attached hydrogens (tertiary/aromatic N) is 6. The zero-order valence-corrected chi connectivity index (χ0v) is 25.6. The number of alkyl halides is 3. The molecule has 6 rings (SSSR count). The van der Waals surface area contributed by atoms with E-state index in [1.807, 2.05) is 11.0 Å². The molecule has 2 fully saturated rings. The van der Waals surface area contributed by atoms with Crippen molar-refractivity contribution >= 4 is 29.0 Å². The first-order valence-corrected chi connectivity index (χ1v) is 15.2. The number of halogens is 3. The van der Waals surface area contributed by atoms with Crippen LogP contribution in [0.25, 0.3) is 5.82 Å². The minimum atomic E-state index is -4.57. The Morgan fingerprint density at radius 3 is 2.48 bits per heavy atom. The second-order valence-corrected chi connectivity index (χ2v) is 11.4. The van der Waals surface area contributed by atoms with E-state index >= 15 is 0 Å². The molecule has 1 saturated heterocycles. The van der Waals surface area contributed by atoms with E-state index in [1.54, 1.807) is 29.1 Å². The molecular formula is C32H36F3N9O2. The van der Waals surface area contributed by atoms with Crippen molar-refractivity contribution < 1.29 is 22.7 Å². The van der Waals surface area contributed by atoms with Gasteiger partial charge in [-0.2, -0.15) is 13.2 Å². The molecule has 3 N–H and O–H groups in total. The van der Waals surface area contributed by atoms with Crippen LogP contribution in [-0.4, -0.2) is 81.1 Å². The average molecular weight is 636 g/mol.